The number of rotatable bonds is 26. The van der Waals surface area contributed by atoms with Gasteiger partial charge in [0, 0.05) is 13.3 Å². The van der Waals surface area contributed by atoms with Gasteiger partial charge >= 0.3 is 0 Å². The van der Waals surface area contributed by atoms with Crippen molar-refractivity contribution in [2.45, 2.75) is 162 Å². The Morgan fingerprint density at radius 3 is 1.47 bits per heavy atom. The first-order valence-corrected chi connectivity index (χ1v) is 16.2. The van der Waals surface area contributed by atoms with Crippen LogP contribution >= 0.6 is 0 Å². The van der Waals surface area contributed by atoms with Crippen LogP contribution in [0.4, 0.5) is 0 Å². The maximum Gasteiger partial charge on any atom is 0.217 e. The van der Waals surface area contributed by atoms with Crippen LogP contribution in [0.1, 0.15) is 162 Å². The number of amidine groups is 1. The van der Waals surface area contributed by atoms with Gasteiger partial charge in [0.1, 0.15) is 13.1 Å². The van der Waals surface area contributed by atoms with E-state index in [1.165, 1.54) is 147 Å². The van der Waals surface area contributed by atoms with Crippen molar-refractivity contribution in [3.05, 3.63) is 0 Å². The lowest BCUT2D eigenvalue weighted by Gasteiger charge is -2.30. The average molecular weight is 507 g/mol. The molecular weight excluding hydrogens is 442 g/mol. The summed E-state index contributed by atoms with van der Waals surface area (Å²) in [7, 11) is 2.28. The summed E-state index contributed by atoms with van der Waals surface area (Å²) in [6.07, 6.45) is 32.7. The molecule has 0 aromatic carbocycles. The molecule has 0 aromatic rings. The lowest BCUT2D eigenvalue weighted by Crippen LogP contribution is -2.50. The number of nitrogens with one attached hydrogen (secondary N) is 1. The van der Waals surface area contributed by atoms with Gasteiger partial charge in [-0.25, -0.2) is 4.99 Å². The van der Waals surface area contributed by atoms with Crippen LogP contribution in [0.25, 0.3) is 0 Å². The number of hydrogen-bond donors (Lipinski definition) is 1. The molecule has 1 aliphatic heterocycles. The first-order chi connectivity index (χ1) is 17.6. The van der Waals surface area contributed by atoms with Crippen LogP contribution in [0.3, 0.4) is 0 Å². The Balaban J connectivity index is 1.79. The minimum absolute atomic E-state index is 0.0684. The number of carbonyl (C=O) groups is 1. The summed E-state index contributed by atoms with van der Waals surface area (Å²) >= 11 is 0. The highest BCUT2D eigenvalue weighted by atomic mass is 16.1. The highest BCUT2D eigenvalue weighted by Crippen LogP contribution is 2.18. The number of amides is 1. The predicted octanol–water partition coefficient (Wildman–Crippen LogP) is 8.97. The molecule has 1 rings (SSSR count). The lowest BCUT2D eigenvalue weighted by molar-refractivity contribution is -0.814. The maximum absolute atomic E-state index is 11.1. The third-order valence-corrected chi connectivity index (χ3v) is 8.24. The SMILES string of the molecule is CCCCCCCCCCCCCCCCCCCCCCCCC1=NCC[N+]1(C)CCNC(C)=O. The molecule has 1 aliphatic rings. The van der Waals surface area contributed by atoms with Gasteiger partial charge in [0.25, 0.3) is 0 Å². The normalized spacial score (nSPS) is 17.5. The van der Waals surface area contributed by atoms with Crippen molar-refractivity contribution in [3.63, 3.8) is 0 Å². The zero-order chi connectivity index (χ0) is 26.2. The minimum atomic E-state index is 0.0684. The summed E-state index contributed by atoms with van der Waals surface area (Å²) in [5.41, 5.74) is 0. The second kappa shape index (κ2) is 23.2. The predicted molar refractivity (Wildman–Crippen MR) is 159 cm³/mol. The summed E-state index contributed by atoms with van der Waals surface area (Å²) in [6, 6.07) is 0. The van der Waals surface area contributed by atoms with Crippen molar-refractivity contribution in [1.82, 2.24) is 5.32 Å². The van der Waals surface area contributed by atoms with E-state index in [-0.39, 0.29) is 5.91 Å². The minimum Gasteiger partial charge on any atom is -0.351 e. The largest absolute Gasteiger partial charge is 0.351 e. The second-order valence-electron chi connectivity index (χ2n) is 11.8. The Morgan fingerprint density at radius 2 is 1.08 bits per heavy atom. The number of aliphatic imine (C=N–C) groups is 1. The number of nitrogens with zero attached hydrogens (tertiary/aromatic N) is 2. The highest BCUT2D eigenvalue weighted by molar-refractivity contribution is 5.76. The van der Waals surface area contributed by atoms with Crippen LogP contribution in [0.15, 0.2) is 4.99 Å². The molecular formula is C32H64N3O+. The van der Waals surface area contributed by atoms with Gasteiger partial charge in [-0.2, -0.15) is 0 Å². The van der Waals surface area contributed by atoms with Crippen molar-refractivity contribution in [2.24, 2.45) is 4.99 Å². The van der Waals surface area contributed by atoms with E-state index in [1.807, 2.05) is 0 Å². The number of quaternary nitrogens is 1. The molecule has 4 heteroatoms. The molecule has 212 valence electrons. The van der Waals surface area contributed by atoms with Crippen molar-refractivity contribution >= 4 is 11.7 Å². The van der Waals surface area contributed by atoms with Gasteiger partial charge in [0.05, 0.1) is 20.1 Å². The van der Waals surface area contributed by atoms with E-state index in [1.54, 1.807) is 6.92 Å². The Hall–Kier alpha value is -0.900. The van der Waals surface area contributed by atoms with Crippen LogP contribution < -0.4 is 5.32 Å². The molecule has 0 saturated carbocycles. The molecule has 0 saturated heterocycles. The fourth-order valence-corrected chi connectivity index (χ4v) is 5.66. The topological polar surface area (TPSA) is 41.5 Å². The molecule has 0 fully saturated rings. The van der Waals surface area contributed by atoms with Crippen molar-refractivity contribution in [1.29, 1.82) is 0 Å². The molecule has 0 bridgehead atoms. The summed E-state index contributed by atoms with van der Waals surface area (Å²) in [5.74, 6) is 1.42. The summed E-state index contributed by atoms with van der Waals surface area (Å²) < 4.78 is 0.930. The van der Waals surface area contributed by atoms with Crippen LogP contribution in [-0.2, 0) is 4.79 Å². The summed E-state index contributed by atoms with van der Waals surface area (Å²) in [6.45, 7) is 7.66. The van der Waals surface area contributed by atoms with Crippen LogP contribution in [-0.4, -0.2) is 49.5 Å². The molecule has 0 radical (unpaired) electrons. The van der Waals surface area contributed by atoms with Crippen molar-refractivity contribution in [3.8, 4) is 0 Å². The molecule has 0 aromatic heterocycles. The maximum atomic E-state index is 11.1. The van der Waals surface area contributed by atoms with Gasteiger partial charge in [-0.1, -0.05) is 142 Å². The van der Waals surface area contributed by atoms with E-state index in [0.29, 0.717) is 0 Å². The van der Waals surface area contributed by atoms with Gasteiger partial charge in [0.15, 0.2) is 5.84 Å². The van der Waals surface area contributed by atoms with Gasteiger partial charge in [-0.05, 0) is 6.42 Å². The summed E-state index contributed by atoms with van der Waals surface area (Å²) in [5, 5.41) is 2.94. The Bertz CT molecular complexity index is 548. The Kier molecular flexibility index (Phi) is 21.4. The fraction of sp³-hybridized carbons (Fsp3) is 0.938. The van der Waals surface area contributed by atoms with E-state index in [9.17, 15) is 4.79 Å². The lowest BCUT2D eigenvalue weighted by atomic mass is 10.0. The molecule has 1 N–H and O–H groups in total. The van der Waals surface area contributed by atoms with E-state index in [0.717, 1.165) is 37.1 Å². The zero-order valence-corrected chi connectivity index (χ0v) is 24.9. The first kappa shape index (κ1) is 33.1. The zero-order valence-electron chi connectivity index (χ0n) is 24.9. The standard InChI is InChI=1S/C32H63N3O/c1-4-5-6-7-8-9-10-11-12-13-14-15-16-17-18-19-20-21-22-23-24-25-26-32-34-28-30-35(32,3)29-27-33-31(2)36/h4-30H2,1-3H3/p+1. The van der Waals surface area contributed by atoms with E-state index < -0.39 is 0 Å². The van der Waals surface area contributed by atoms with Gasteiger partial charge in [-0.15, -0.1) is 0 Å². The Labute approximate surface area is 226 Å². The van der Waals surface area contributed by atoms with Crippen LogP contribution in [0.5, 0.6) is 0 Å². The third kappa shape index (κ3) is 18.4. The van der Waals surface area contributed by atoms with Crippen molar-refractivity contribution < 1.29 is 9.28 Å². The highest BCUT2D eigenvalue weighted by Gasteiger charge is 2.32. The van der Waals surface area contributed by atoms with Crippen LogP contribution in [0, 0.1) is 0 Å². The van der Waals surface area contributed by atoms with Gasteiger partial charge in [0.2, 0.25) is 5.91 Å². The molecule has 1 amide bonds. The third-order valence-electron chi connectivity index (χ3n) is 8.24. The number of unbranched alkanes of at least 4 members (excludes halogenated alkanes) is 21. The smallest absolute Gasteiger partial charge is 0.217 e. The van der Waals surface area contributed by atoms with E-state index >= 15 is 0 Å². The first-order valence-electron chi connectivity index (χ1n) is 16.2. The molecule has 36 heavy (non-hydrogen) atoms. The fourth-order valence-electron chi connectivity index (χ4n) is 5.66. The molecule has 1 unspecified atom stereocenters. The van der Waals surface area contributed by atoms with Crippen molar-refractivity contribution in [2.75, 3.05) is 33.2 Å². The van der Waals surface area contributed by atoms with Gasteiger partial charge in [-0.3, -0.25) is 9.28 Å². The molecule has 4 nitrogen and oxygen atoms in total. The molecule has 0 aliphatic carbocycles. The number of hydrogen-bond acceptors (Lipinski definition) is 2. The Morgan fingerprint density at radius 1 is 0.694 bits per heavy atom. The quantitative estimate of drug-likeness (QED) is 0.0923. The van der Waals surface area contributed by atoms with Crippen LogP contribution in [0.2, 0.25) is 0 Å². The number of likely N-dealkylation sites (N-methyl/N-ethyl adjacent to an activating group) is 1. The van der Waals surface area contributed by atoms with E-state index in [4.69, 9.17) is 4.99 Å². The average Bonchev–Trinajstić information content (AvgIpc) is 3.22. The van der Waals surface area contributed by atoms with E-state index in [2.05, 4.69) is 19.3 Å². The molecule has 0 spiro atoms. The monoisotopic (exact) mass is 507 g/mol. The summed E-state index contributed by atoms with van der Waals surface area (Å²) in [4.78, 5) is 15.9. The molecule has 1 heterocycles. The van der Waals surface area contributed by atoms with Gasteiger partial charge < -0.3 is 5.32 Å². The molecule has 1 atom stereocenters. The second-order valence-corrected chi connectivity index (χ2v) is 11.8. The number of carbonyl (C=O) groups excluding carboxylic acids is 1.